The van der Waals surface area contributed by atoms with Crippen LogP contribution in [-0.2, 0) is 15.6 Å². The van der Waals surface area contributed by atoms with E-state index < -0.39 is 0 Å². The molecule has 3 aliphatic rings. The highest BCUT2D eigenvalue weighted by Crippen LogP contribution is 2.49. The second kappa shape index (κ2) is 10.7. The number of para-hydroxylation sites is 2. The molecule has 2 aliphatic heterocycles. The highest BCUT2D eigenvalue weighted by Gasteiger charge is 2.40. The summed E-state index contributed by atoms with van der Waals surface area (Å²) in [4.78, 5) is 18.6. The summed E-state index contributed by atoms with van der Waals surface area (Å²) in [5.41, 5.74) is 9.58. The molecule has 1 saturated carbocycles. The third-order valence-electron chi connectivity index (χ3n) is 8.85. The molecule has 0 amide bonds. The van der Waals surface area contributed by atoms with Gasteiger partial charge in [0.25, 0.3) is 0 Å². The second-order valence-electron chi connectivity index (χ2n) is 12.3. The number of hydrogen-bond acceptors (Lipinski definition) is 3. The van der Waals surface area contributed by atoms with Gasteiger partial charge in [-0.15, -0.1) is 0 Å². The highest BCUT2D eigenvalue weighted by atomic mass is 16.1. The first-order chi connectivity index (χ1) is 18.7. The van der Waals surface area contributed by atoms with E-state index in [4.69, 9.17) is 0 Å². The number of fused-ring (bicyclic) bond motifs is 2. The van der Waals surface area contributed by atoms with Crippen LogP contribution in [0.3, 0.4) is 0 Å². The fourth-order valence-corrected chi connectivity index (χ4v) is 6.79. The van der Waals surface area contributed by atoms with Crippen molar-refractivity contribution >= 4 is 17.2 Å². The number of benzene rings is 2. The molecular weight excluding hydrogens is 476 g/mol. The quantitative estimate of drug-likeness (QED) is 0.356. The molecule has 1 fully saturated rings. The number of anilines is 2. The first-order valence-electron chi connectivity index (χ1n) is 14.8. The molecule has 0 spiro atoms. The largest absolute Gasteiger partial charge is 0.344 e. The van der Waals surface area contributed by atoms with Gasteiger partial charge in [-0.3, -0.25) is 4.79 Å². The van der Waals surface area contributed by atoms with Crippen LogP contribution in [0.1, 0.15) is 84.8 Å². The molecule has 39 heavy (non-hydrogen) atoms. The van der Waals surface area contributed by atoms with Gasteiger partial charge in [-0.25, -0.2) is 0 Å². The van der Waals surface area contributed by atoms with Crippen molar-refractivity contribution in [3.63, 3.8) is 0 Å². The van der Waals surface area contributed by atoms with Crippen molar-refractivity contribution in [2.24, 2.45) is 0 Å². The number of Topliss-reactive ketones (excluding diaryl/α,β-unsaturated/α-hetero) is 1. The van der Waals surface area contributed by atoms with Gasteiger partial charge < -0.3 is 9.80 Å². The summed E-state index contributed by atoms with van der Waals surface area (Å²) in [6.07, 6.45) is 13.5. The Balaban J connectivity index is 1.46. The van der Waals surface area contributed by atoms with E-state index in [-0.39, 0.29) is 16.6 Å². The van der Waals surface area contributed by atoms with Crippen LogP contribution in [0.2, 0.25) is 0 Å². The van der Waals surface area contributed by atoms with Gasteiger partial charge in [0.05, 0.1) is 0 Å². The Hall–Kier alpha value is -3.33. The average Bonchev–Trinajstić information content (AvgIpc) is 3.27. The van der Waals surface area contributed by atoms with Crippen LogP contribution in [0.15, 0.2) is 95.4 Å². The van der Waals surface area contributed by atoms with Gasteiger partial charge in [-0.1, -0.05) is 90.1 Å². The number of hydrogen-bond donors (Lipinski definition) is 0. The first-order valence-corrected chi connectivity index (χ1v) is 14.8. The number of ketones is 1. The van der Waals surface area contributed by atoms with Gasteiger partial charge in [0.1, 0.15) is 0 Å². The zero-order chi connectivity index (χ0) is 27.8. The van der Waals surface area contributed by atoms with Gasteiger partial charge in [-0.2, -0.15) is 0 Å². The van der Waals surface area contributed by atoms with Crippen LogP contribution in [0.5, 0.6) is 0 Å². The maximum absolute atomic E-state index is 13.7. The standard InChI is InChI=1S/C36H44N2O/c1-7-24-37-30-18-11-9-16-28(30)35(3,4)32(37)22-20-26-14-13-15-27(34(26)39)21-23-33-36(5,6)29-17-10-12-19-31(29)38(33)25-8-2/h9-12,16-23H,7-8,13-15,24-25H2,1-6H3/b26-20-,27-21+,32-22-,33-23+. The Kier molecular flexibility index (Phi) is 7.46. The minimum absolute atomic E-state index is 0.0879. The molecule has 0 unspecified atom stereocenters. The summed E-state index contributed by atoms with van der Waals surface area (Å²) < 4.78 is 0. The van der Waals surface area contributed by atoms with E-state index in [1.807, 2.05) is 0 Å². The van der Waals surface area contributed by atoms with E-state index in [1.54, 1.807) is 0 Å². The Morgan fingerprint density at radius 2 is 1.08 bits per heavy atom. The minimum atomic E-state index is -0.0879. The van der Waals surface area contributed by atoms with E-state index in [0.29, 0.717) is 0 Å². The lowest BCUT2D eigenvalue weighted by Gasteiger charge is -2.27. The summed E-state index contributed by atoms with van der Waals surface area (Å²) in [6.45, 7) is 15.6. The van der Waals surface area contributed by atoms with Crippen LogP contribution in [-0.4, -0.2) is 18.9 Å². The zero-order valence-electron chi connectivity index (χ0n) is 24.7. The molecule has 0 saturated heterocycles. The summed E-state index contributed by atoms with van der Waals surface area (Å²) in [5.74, 6) is 0.209. The Bertz CT molecular complexity index is 1280. The lowest BCUT2D eigenvalue weighted by molar-refractivity contribution is -0.113. The van der Waals surface area contributed by atoms with Crippen LogP contribution < -0.4 is 9.80 Å². The molecule has 2 aromatic carbocycles. The van der Waals surface area contributed by atoms with Crippen LogP contribution in [0, 0.1) is 0 Å². The lowest BCUT2D eigenvalue weighted by atomic mass is 9.82. The number of nitrogens with zero attached hydrogens (tertiary/aromatic N) is 2. The van der Waals surface area contributed by atoms with Crippen molar-refractivity contribution in [1.82, 2.24) is 0 Å². The molecule has 0 atom stereocenters. The molecule has 204 valence electrons. The molecule has 3 heteroatoms. The topological polar surface area (TPSA) is 23.6 Å². The van der Waals surface area contributed by atoms with Gasteiger partial charge in [0.15, 0.2) is 5.78 Å². The predicted octanol–water partition coefficient (Wildman–Crippen LogP) is 8.78. The SMILES string of the molecule is CCCN1/C(=C\C=C2\CCC/C(=C\C=C3\N(CCC)c4ccccc4C3(C)C)C2=O)C(C)(C)c2ccccc21. The summed E-state index contributed by atoms with van der Waals surface area (Å²) in [6, 6.07) is 17.5. The number of rotatable bonds is 6. The summed E-state index contributed by atoms with van der Waals surface area (Å²) >= 11 is 0. The summed E-state index contributed by atoms with van der Waals surface area (Å²) in [5, 5.41) is 0. The van der Waals surface area contributed by atoms with E-state index in [9.17, 15) is 4.79 Å². The van der Waals surface area contributed by atoms with Crippen LogP contribution in [0.4, 0.5) is 11.4 Å². The maximum atomic E-state index is 13.7. The van der Waals surface area contributed by atoms with Gasteiger partial charge >= 0.3 is 0 Å². The van der Waals surface area contributed by atoms with E-state index in [1.165, 1.54) is 33.9 Å². The fraction of sp³-hybridized carbons (Fsp3) is 0.417. The maximum Gasteiger partial charge on any atom is 0.184 e. The highest BCUT2D eigenvalue weighted by molar-refractivity contribution is 6.09. The molecular formula is C36H44N2O. The van der Waals surface area contributed by atoms with Crippen molar-refractivity contribution in [3.8, 4) is 0 Å². The number of carbonyl (C=O) groups excluding carboxylic acids is 1. The Morgan fingerprint density at radius 1 is 0.667 bits per heavy atom. The number of allylic oxidation sites excluding steroid dienone is 8. The van der Waals surface area contributed by atoms with Crippen molar-refractivity contribution < 1.29 is 4.79 Å². The predicted molar refractivity (Wildman–Crippen MR) is 165 cm³/mol. The van der Waals surface area contributed by atoms with Crippen molar-refractivity contribution in [1.29, 1.82) is 0 Å². The fourth-order valence-electron chi connectivity index (χ4n) is 6.79. The normalized spacial score (nSPS) is 23.8. The molecule has 5 rings (SSSR count). The average molecular weight is 521 g/mol. The summed E-state index contributed by atoms with van der Waals surface area (Å²) in [7, 11) is 0. The molecule has 0 aromatic heterocycles. The molecule has 3 nitrogen and oxygen atoms in total. The van der Waals surface area contributed by atoms with Crippen molar-refractivity contribution in [2.75, 3.05) is 22.9 Å². The lowest BCUT2D eigenvalue weighted by Crippen LogP contribution is -2.27. The first kappa shape index (κ1) is 27.2. The third kappa shape index (κ3) is 4.71. The van der Waals surface area contributed by atoms with Gasteiger partial charge in [-0.05, 0) is 78.7 Å². The smallest absolute Gasteiger partial charge is 0.184 e. The molecule has 1 aliphatic carbocycles. The van der Waals surface area contributed by atoms with Crippen LogP contribution >= 0.6 is 0 Å². The monoisotopic (exact) mass is 520 g/mol. The Morgan fingerprint density at radius 3 is 1.49 bits per heavy atom. The second-order valence-corrected chi connectivity index (χ2v) is 12.3. The van der Waals surface area contributed by atoms with Crippen LogP contribution in [0.25, 0.3) is 0 Å². The number of carbonyl (C=O) groups is 1. The molecule has 0 radical (unpaired) electrons. The molecule has 0 bridgehead atoms. The third-order valence-corrected chi connectivity index (χ3v) is 8.85. The van der Waals surface area contributed by atoms with Crippen molar-refractivity contribution in [3.05, 3.63) is 107 Å². The molecule has 0 N–H and O–H groups in total. The van der Waals surface area contributed by atoms with E-state index in [2.05, 4.69) is 124 Å². The molecule has 2 aromatic rings. The van der Waals surface area contributed by atoms with E-state index >= 15 is 0 Å². The molecule has 2 heterocycles. The minimum Gasteiger partial charge on any atom is -0.344 e. The van der Waals surface area contributed by atoms with Crippen molar-refractivity contribution in [2.45, 2.75) is 84.5 Å². The zero-order valence-corrected chi connectivity index (χ0v) is 24.7. The van der Waals surface area contributed by atoms with E-state index in [0.717, 1.165) is 56.3 Å². The van der Waals surface area contributed by atoms with Gasteiger partial charge in [0.2, 0.25) is 0 Å². The Labute approximate surface area is 235 Å². The van der Waals surface area contributed by atoms with Gasteiger partial charge in [0, 0.05) is 46.7 Å².